The Morgan fingerprint density at radius 3 is 2.42 bits per heavy atom. The van der Waals surface area contributed by atoms with Crippen molar-refractivity contribution in [1.29, 1.82) is 0 Å². The molecule has 11 heteroatoms. The molecule has 0 saturated carbocycles. The van der Waals surface area contributed by atoms with Gasteiger partial charge in [0.05, 0.1) is 28.0 Å². The fourth-order valence-electron chi connectivity index (χ4n) is 2.56. The number of halogens is 1. The summed E-state index contributed by atoms with van der Waals surface area (Å²) in [5.74, 6) is -0.975. The number of nitrogens with one attached hydrogen (secondary N) is 2. The number of hydrogen-bond acceptors (Lipinski definition) is 5. The van der Waals surface area contributed by atoms with Gasteiger partial charge in [-0.1, -0.05) is 11.6 Å². The van der Waals surface area contributed by atoms with Crippen molar-refractivity contribution in [2.75, 3.05) is 17.1 Å². The molecule has 1 aromatic heterocycles. The molecule has 9 nitrogen and oxygen atoms in total. The van der Waals surface area contributed by atoms with Crippen LogP contribution in [0.2, 0.25) is 5.02 Å². The van der Waals surface area contributed by atoms with Crippen molar-refractivity contribution in [3.05, 3.63) is 37.4 Å². The molecule has 1 heterocycles. The molecule has 2 rings (SSSR count). The predicted octanol–water partition coefficient (Wildman–Crippen LogP) is 1.20. The van der Waals surface area contributed by atoms with Crippen molar-refractivity contribution in [3.63, 3.8) is 0 Å². The number of rotatable bonds is 7. The molecule has 26 heavy (non-hydrogen) atoms. The molecule has 0 saturated heterocycles. The van der Waals surface area contributed by atoms with Gasteiger partial charge in [-0.05, 0) is 31.4 Å². The lowest BCUT2D eigenvalue weighted by molar-refractivity contribution is -0.137. The molecule has 0 fully saturated rings. The molecule has 0 aliphatic rings. The number of H-pyrrole nitrogens is 2. The fraction of sp³-hybridized carbons (Fsp3) is 0.400. The number of fused-ring (bicyclic) bond motifs is 1. The van der Waals surface area contributed by atoms with Crippen LogP contribution >= 0.6 is 11.6 Å². The van der Waals surface area contributed by atoms with Crippen LogP contribution in [0.3, 0.4) is 0 Å². The van der Waals surface area contributed by atoms with Crippen molar-refractivity contribution in [2.45, 2.75) is 26.2 Å². The molecule has 2 aromatic rings. The monoisotopic (exact) mass is 403 g/mol. The Kier molecular flexibility index (Phi) is 5.77. The van der Waals surface area contributed by atoms with Gasteiger partial charge in [-0.3, -0.25) is 18.7 Å². The molecule has 0 radical (unpaired) electrons. The molecular formula is C15H18ClN3O6S. The van der Waals surface area contributed by atoms with Crippen molar-refractivity contribution >= 4 is 44.3 Å². The maximum Gasteiger partial charge on any atom is 0.314 e. The molecule has 0 aliphatic carbocycles. The maximum absolute atomic E-state index is 12.3. The highest BCUT2D eigenvalue weighted by Crippen LogP contribution is 2.36. The van der Waals surface area contributed by atoms with E-state index in [1.807, 2.05) is 0 Å². The number of nitrogens with zero attached hydrogens (tertiary/aromatic N) is 1. The molecule has 0 unspecified atom stereocenters. The Morgan fingerprint density at radius 2 is 1.85 bits per heavy atom. The van der Waals surface area contributed by atoms with E-state index in [0.717, 1.165) is 10.6 Å². The molecule has 0 atom stereocenters. The summed E-state index contributed by atoms with van der Waals surface area (Å²) in [5, 5.41) is 8.82. The lowest BCUT2D eigenvalue weighted by Gasteiger charge is -2.25. The average molecular weight is 404 g/mol. The first-order valence-electron chi connectivity index (χ1n) is 7.67. The molecule has 0 spiro atoms. The summed E-state index contributed by atoms with van der Waals surface area (Å²) in [6.07, 6.45) is 1.44. The van der Waals surface area contributed by atoms with Gasteiger partial charge in [0.15, 0.2) is 0 Å². The highest BCUT2D eigenvalue weighted by Gasteiger charge is 2.24. The number of aromatic nitrogens is 2. The highest BCUT2D eigenvalue weighted by atomic mass is 35.5. The molecule has 3 N–H and O–H groups in total. The summed E-state index contributed by atoms with van der Waals surface area (Å²) in [7, 11) is -3.78. The van der Waals surface area contributed by atoms with Gasteiger partial charge in [0.2, 0.25) is 10.0 Å². The number of aromatic amines is 2. The summed E-state index contributed by atoms with van der Waals surface area (Å²) in [5.41, 5.74) is -0.904. The molecule has 0 amide bonds. The van der Waals surface area contributed by atoms with Crippen LogP contribution in [0.4, 0.5) is 5.69 Å². The number of benzene rings is 1. The van der Waals surface area contributed by atoms with E-state index in [1.165, 1.54) is 6.07 Å². The average Bonchev–Trinajstić information content (AvgIpc) is 2.51. The second kappa shape index (κ2) is 7.50. The lowest BCUT2D eigenvalue weighted by atomic mass is 10.1. The number of carboxylic acid groups (broad SMARTS) is 1. The summed E-state index contributed by atoms with van der Waals surface area (Å²) >= 11 is 6.31. The molecule has 0 aliphatic heterocycles. The van der Waals surface area contributed by atoms with E-state index >= 15 is 0 Å². The summed E-state index contributed by atoms with van der Waals surface area (Å²) in [4.78, 5) is 38.7. The van der Waals surface area contributed by atoms with Gasteiger partial charge in [0, 0.05) is 13.0 Å². The number of carbonyl (C=O) groups is 1. The third-order valence-corrected chi connectivity index (χ3v) is 5.41. The van der Waals surface area contributed by atoms with E-state index < -0.39 is 27.1 Å². The van der Waals surface area contributed by atoms with Gasteiger partial charge in [-0.2, -0.15) is 0 Å². The van der Waals surface area contributed by atoms with Crippen molar-refractivity contribution in [1.82, 2.24) is 9.97 Å². The van der Waals surface area contributed by atoms with Crippen LogP contribution in [0, 0.1) is 6.92 Å². The standard InChI is InChI=1S/C15H18ClN3O6S/c1-8-7-9-12(18-15(23)14(22)17-9)13(11(8)16)19(26(2,24)25)6-4-3-5-10(20)21/h7H,3-6H2,1-2H3,(H,17,22)(H,18,23)(H,20,21). The number of carboxylic acids is 1. The fourth-order valence-corrected chi connectivity index (χ4v) is 3.84. The highest BCUT2D eigenvalue weighted by molar-refractivity contribution is 7.92. The van der Waals surface area contributed by atoms with Crippen molar-refractivity contribution < 1.29 is 18.3 Å². The minimum Gasteiger partial charge on any atom is -0.481 e. The first-order valence-corrected chi connectivity index (χ1v) is 9.90. The minimum absolute atomic E-state index is 0.0223. The van der Waals surface area contributed by atoms with Crippen LogP contribution in [0.5, 0.6) is 0 Å². The zero-order chi connectivity index (χ0) is 19.6. The Hall–Kier alpha value is -2.33. The lowest BCUT2D eigenvalue weighted by Crippen LogP contribution is -2.34. The zero-order valence-corrected chi connectivity index (χ0v) is 15.7. The molecule has 1 aromatic carbocycles. The summed E-state index contributed by atoms with van der Waals surface area (Å²) in [6, 6.07) is 1.53. The van der Waals surface area contributed by atoms with Crippen LogP contribution in [-0.2, 0) is 14.8 Å². The number of hydrogen-bond donors (Lipinski definition) is 3. The van der Waals surface area contributed by atoms with Crippen molar-refractivity contribution in [2.24, 2.45) is 0 Å². The first kappa shape index (κ1) is 20.0. The second-order valence-electron chi connectivity index (χ2n) is 5.87. The SMILES string of the molecule is Cc1cc2[nH]c(=O)c(=O)[nH]c2c(N(CCCCC(=O)O)S(C)(=O)=O)c1Cl. The number of aliphatic carboxylic acids is 1. The maximum atomic E-state index is 12.3. The van der Waals surface area contributed by atoms with E-state index in [4.69, 9.17) is 16.7 Å². The largest absolute Gasteiger partial charge is 0.481 e. The van der Waals surface area contributed by atoms with Crippen molar-refractivity contribution in [3.8, 4) is 0 Å². The summed E-state index contributed by atoms with van der Waals surface area (Å²) < 4.78 is 25.6. The Morgan fingerprint density at radius 1 is 1.23 bits per heavy atom. The first-order chi connectivity index (χ1) is 12.0. The number of anilines is 1. The smallest absolute Gasteiger partial charge is 0.314 e. The quantitative estimate of drug-likeness (QED) is 0.468. The number of sulfonamides is 1. The molecule has 0 bridgehead atoms. The third-order valence-electron chi connectivity index (χ3n) is 3.77. The van der Waals surface area contributed by atoms with Gasteiger partial charge in [-0.25, -0.2) is 8.42 Å². The Bertz CT molecular complexity index is 1070. The van der Waals surface area contributed by atoms with Gasteiger partial charge in [0.1, 0.15) is 0 Å². The Labute approximate surface area is 153 Å². The van der Waals surface area contributed by atoms with E-state index in [-0.39, 0.29) is 47.6 Å². The normalized spacial score (nSPS) is 11.7. The van der Waals surface area contributed by atoms with Crippen LogP contribution in [0.1, 0.15) is 24.8 Å². The second-order valence-corrected chi connectivity index (χ2v) is 8.16. The van der Waals surface area contributed by atoms with Crippen LogP contribution in [-0.4, -0.2) is 42.3 Å². The van der Waals surface area contributed by atoms with E-state index in [9.17, 15) is 22.8 Å². The number of unbranched alkanes of at least 4 members (excludes halogenated alkanes) is 1. The summed E-state index contributed by atoms with van der Waals surface area (Å²) in [6.45, 7) is 1.62. The van der Waals surface area contributed by atoms with Gasteiger partial charge >= 0.3 is 17.1 Å². The minimum atomic E-state index is -3.78. The van der Waals surface area contributed by atoms with Crippen LogP contribution < -0.4 is 15.4 Å². The Balaban J connectivity index is 2.63. The van der Waals surface area contributed by atoms with Gasteiger partial charge in [0.25, 0.3) is 0 Å². The van der Waals surface area contributed by atoms with Crippen LogP contribution in [0.25, 0.3) is 11.0 Å². The molecule has 142 valence electrons. The predicted molar refractivity (Wildman–Crippen MR) is 98.6 cm³/mol. The van der Waals surface area contributed by atoms with E-state index in [2.05, 4.69) is 9.97 Å². The van der Waals surface area contributed by atoms with E-state index in [1.54, 1.807) is 6.92 Å². The topological polar surface area (TPSA) is 140 Å². The third kappa shape index (κ3) is 4.25. The number of aryl methyl sites for hydroxylation is 1. The molecular weight excluding hydrogens is 386 g/mol. The van der Waals surface area contributed by atoms with Crippen LogP contribution in [0.15, 0.2) is 15.7 Å². The zero-order valence-electron chi connectivity index (χ0n) is 14.1. The van der Waals surface area contributed by atoms with E-state index in [0.29, 0.717) is 5.56 Å². The van der Waals surface area contributed by atoms with Gasteiger partial charge < -0.3 is 15.1 Å². The van der Waals surface area contributed by atoms with Gasteiger partial charge in [-0.15, -0.1) is 0 Å².